The summed E-state index contributed by atoms with van der Waals surface area (Å²) in [5.74, 6) is -2.04. The van der Waals surface area contributed by atoms with Crippen LogP contribution in [-0.4, -0.2) is 161 Å². The number of amides is 1. The molecule has 61 heavy (non-hydrogen) atoms. The number of nitrogens with zero attached hydrogens (tertiary/aromatic N) is 4. The van der Waals surface area contributed by atoms with Gasteiger partial charge in [-0.15, -0.1) is 0 Å². The van der Waals surface area contributed by atoms with E-state index in [-0.39, 0.29) is 72.5 Å². The Balaban J connectivity index is 1.65. The van der Waals surface area contributed by atoms with E-state index in [1.165, 1.54) is 9.47 Å². The Kier molecular flexibility index (Phi) is 14.9. The second-order valence-corrected chi connectivity index (χ2v) is 15.5. The summed E-state index contributed by atoms with van der Waals surface area (Å²) in [5, 5.41) is -2.56. The molecule has 1 aliphatic rings. The van der Waals surface area contributed by atoms with Crippen molar-refractivity contribution in [1.29, 1.82) is 0 Å². The maximum absolute atomic E-state index is 15.0. The third-order valence-corrected chi connectivity index (χ3v) is 12.0. The smallest absolute Gasteiger partial charge is 0.336 e. The summed E-state index contributed by atoms with van der Waals surface area (Å²) in [6.07, 6.45) is -3.88. The lowest BCUT2D eigenvalue weighted by atomic mass is 9.57. The topological polar surface area (TPSA) is 58.4 Å². The van der Waals surface area contributed by atoms with Gasteiger partial charge in [0.05, 0.1) is 0 Å². The molecule has 276 valence electrons. The fourth-order valence-corrected chi connectivity index (χ4v) is 8.59. The molecule has 0 spiro atoms. The van der Waals surface area contributed by atoms with Crippen LogP contribution < -0.4 is 71.1 Å². The number of rotatable bonds is 13. The Hall–Kier alpha value is -3.05. The van der Waals surface area contributed by atoms with Gasteiger partial charge < -0.3 is 14.4 Å². The number of hydrogen-bond acceptors (Lipinski definition) is 5. The van der Waals surface area contributed by atoms with Crippen molar-refractivity contribution >= 4 is 193 Å². The lowest BCUT2D eigenvalue weighted by Gasteiger charge is -2.39. The number of likely N-dealkylation sites (N-methyl/N-ethyl adjacent to an activating group) is 1. The van der Waals surface area contributed by atoms with Crippen molar-refractivity contribution in [2.75, 3.05) is 26.2 Å². The molecular weight excluding hydrogens is 780 g/mol. The molecule has 5 rings (SSSR count). The molecule has 3 aromatic carbocycles. The minimum atomic E-state index is -5.02. The number of thioether (sulfide) groups is 1. The van der Waals surface area contributed by atoms with Gasteiger partial charge in [-0.25, -0.2) is 4.39 Å². The van der Waals surface area contributed by atoms with E-state index in [2.05, 4.69) is 4.98 Å². The summed E-state index contributed by atoms with van der Waals surface area (Å²) < 4.78 is 57.5. The van der Waals surface area contributed by atoms with E-state index in [9.17, 15) is 27.2 Å². The SMILES string of the molecule is [B]c1c([B])c(CSc2nc(=O)c3c(n2C([B])([B])C(=O)N(CCN(CC)CC)Cc2c([B])c([B])c(-c4c([B])c([B])c(C(F)(F)F)c([B])c4[B])c([B])c2[B])CCC3)c([B])c([B])c1F. The van der Waals surface area contributed by atoms with Gasteiger partial charge in [0.1, 0.15) is 116 Å². The van der Waals surface area contributed by atoms with E-state index in [4.69, 9.17) is 110 Å². The summed E-state index contributed by atoms with van der Waals surface area (Å²) in [6.45, 7) is 4.88. The highest BCUT2D eigenvalue weighted by atomic mass is 32.2. The number of carbonyl (C=O) groups is 1. The first kappa shape index (κ1) is 49.0. The molecule has 1 aliphatic carbocycles. The van der Waals surface area contributed by atoms with Crippen molar-refractivity contribution in [2.45, 2.75) is 62.1 Å². The van der Waals surface area contributed by atoms with Gasteiger partial charge in [0.15, 0.2) is 5.16 Å². The second-order valence-electron chi connectivity index (χ2n) is 14.5. The van der Waals surface area contributed by atoms with E-state index in [1.807, 2.05) is 18.7 Å². The van der Waals surface area contributed by atoms with Gasteiger partial charge >= 0.3 is 6.18 Å². The van der Waals surface area contributed by atoms with E-state index >= 15 is 0 Å². The average Bonchev–Trinajstić information content (AvgIpc) is 3.70. The molecule has 0 bridgehead atoms. The van der Waals surface area contributed by atoms with Gasteiger partial charge in [-0.1, -0.05) is 96.7 Å². The molecule has 0 saturated heterocycles. The van der Waals surface area contributed by atoms with Crippen LogP contribution in [0.5, 0.6) is 0 Å². The maximum Gasteiger partial charge on any atom is 0.415 e. The molecule has 0 atom stereocenters. The zero-order chi connectivity index (χ0) is 45.8. The number of carbonyl (C=O) groups excluding carboxylic acids is 1. The van der Waals surface area contributed by atoms with Crippen molar-refractivity contribution in [3.63, 3.8) is 0 Å². The Bertz CT molecular complexity index is 2420. The van der Waals surface area contributed by atoms with Crippen LogP contribution in [0.1, 0.15) is 48.2 Å². The molecule has 0 fully saturated rings. The Morgan fingerprint density at radius 2 is 1.18 bits per heavy atom. The van der Waals surface area contributed by atoms with Crippen LogP contribution >= 0.6 is 11.8 Å². The Morgan fingerprint density at radius 1 is 0.705 bits per heavy atom. The molecule has 6 nitrogen and oxygen atoms in total. The first-order valence-corrected chi connectivity index (χ1v) is 19.7. The van der Waals surface area contributed by atoms with Crippen molar-refractivity contribution in [2.24, 2.45) is 0 Å². The van der Waals surface area contributed by atoms with Crippen LogP contribution in [0.15, 0.2) is 9.95 Å². The minimum Gasteiger partial charge on any atom is -0.336 e. The molecule has 0 N–H and O–H groups in total. The number of alkyl halides is 3. The zero-order valence-corrected chi connectivity index (χ0v) is 34.3. The Labute approximate surface area is 376 Å². The predicted octanol–water partition coefficient (Wildman–Crippen LogP) is -8.31. The van der Waals surface area contributed by atoms with E-state index < -0.39 is 73.7 Å². The number of hydrogen-bond donors (Lipinski definition) is 0. The van der Waals surface area contributed by atoms with Crippen molar-refractivity contribution in [3.8, 4) is 11.1 Å². The van der Waals surface area contributed by atoms with Gasteiger partial charge in [0.25, 0.3) is 5.56 Å². The maximum atomic E-state index is 15.0. The molecule has 25 heteroatoms. The van der Waals surface area contributed by atoms with Crippen molar-refractivity contribution in [3.05, 3.63) is 44.1 Å². The predicted molar refractivity (Wildman–Crippen MR) is 251 cm³/mol. The van der Waals surface area contributed by atoms with E-state index in [0.29, 0.717) is 50.2 Å². The largest absolute Gasteiger partial charge is 0.415 e. The van der Waals surface area contributed by atoms with Gasteiger partial charge in [-0.05, 0) is 49.0 Å². The molecular formula is C36H24B14F4N4O2S. The third kappa shape index (κ3) is 8.91. The van der Waals surface area contributed by atoms with Crippen LogP contribution in [0, 0.1) is 5.82 Å². The number of fused-ring (bicyclic) bond motifs is 1. The first-order valence-electron chi connectivity index (χ1n) is 18.7. The Morgan fingerprint density at radius 3 is 1.66 bits per heavy atom. The molecule has 28 radical (unpaired) electrons. The summed E-state index contributed by atoms with van der Waals surface area (Å²) in [6, 6.07) is 0. The number of benzene rings is 3. The third-order valence-electron chi connectivity index (χ3n) is 11.0. The van der Waals surface area contributed by atoms with Crippen LogP contribution in [0.25, 0.3) is 11.1 Å². The summed E-state index contributed by atoms with van der Waals surface area (Å²) >= 11 is 0.878. The van der Waals surface area contributed by atoms with E-state index in [1.54, 1.807) is 0 Å². The van der Waals surface area contributed by atoms with Crippen molar-refractivity contribution in [1.82, 2.24) is 19.4 Å². The highest BCUT2D eigenvalue weighted by Crippen LogP contribution is 2.31. The fraction of sp³-hybridized carbons (Fsp3) is 0.361. The van der Waals surface area contributed by atoms with Crippen LogP contribution in [-0.2, 0) is 41.4 Å². The van der Waals surface area contributed by atoms with Crippen LogP contribution in [0.3, 0.4) is 0 Å². The second kappa shape index (κ2) is 18.6. The van der Waals surface area contributed by atoms with E-state index in [0.717, 1.165) is 11.8 Å². The van der Waals surface area contributed by atoms with Gasteiger partial charge in [-0.2, -0.15) is 18.2 Å². The summed E-state index contributed by atoms with van der Waals surface area (Å²) in [5.41, 5.74) is -7.26. The standard InChI is InChI=1S/C36H24B14F4N4O2S/c1-3-56(4-2)8-9-57(10-13-19(37)23(41)16(24(42)20(13)38)17-25(43)27(45)18(36(52,53)54)28(46)26(17)44)33(60)35(49,50)58-15-7-5-6-12(15)32(59)55-34(58)61-11-14-21(39)29(47)31(51)30(48)22(14)40/h3-11H2,1-2H3. The zero-order valence-electron chi connectivity index (χ0n) is 33.5. The molecule has 0 aliphatic heterocycles. The highest BCUT2D eigenvalue weighted by molar-refractivity contribution is 7.98. The monoisotopic (exact) mass is 806 g/mol. The lowest BCUT2D eigenvalue weighted by molar-refractivity contribution is -0.136. The average molecular weight is 804 g/mol. The normalized spacial score (nSPS) is 12.9. The molecule has 4 aromatic rings. The highest BCUT2D eigenvalue weighted by Gasteiger charge is 2.39. The minimum absolute atomic E-state index is 0.0164. The summed E-state index contributed by atoms with van der Waals surface area (Å²) in [4.78, 5) is 35.8. The summed E-state index contributed by atoms with van der Waals surface area (Å²) in [7, 11) is 87.8. The van der Waals surface area contributed by atoms with Crippen molar-refractivity contribution < 1.29 is 22.4 Å². The fourth-order valence-electron chi connectivity index (χ4n) is 7.47. The quantitative estimate of drug-likeness (QED) is 0.0583. The van der Waals surface area contributed by atoms with Gasteiger partial charge in [0, 0.05) is 47.5 Å². The number of aromatic nitrogens is 2. The molecule has 1 heterocycles. The first-order chi connectivity index (χ1) is 28.3. The molecule has 0 saturated carbocycles. The van der Waals surface area contributed by atoms with Gasteiger partial charge in [-0.3, -0.25) is 9.59 Å². The van der Waals surface area contributed by atoms with Crippen LogP contribution in [0.2, 0.25) is 0 Å². The van der Waals surface area contributed by atoms with Gasteiger partial charge in [0.2, 0.25) is 5.91 Å². The lowest BCUT2D eigenvalue weighted by Crippen LogP contribution is -2.56. The molecule has 1 amide bonds. The van der Waals surface area contributed by atoms with Crippen LogP contribution in [0.4, 0.5) is 17.6 Å². The molecule has 1 aromatic heterocycles. The molecule has 0 unspecified atom stereocenters. The number of halogens is 4.